The van der Waals surface area contributed by atoms with E-state index >= 15 is 0 Å². The smallest absolute Gasteiger partial charge is 0.327 e. The molecule has 0 spiro atoms. The minimum absolute atomic E-state index is 0.0215. The molecule has 0 aromatic rings. The molecule has 2 nitrogen and oxygen atoms in total. The number of alkyl halides is 3. The molecule has 19 heavy (non-hydrogen) atoms. The monoisotopic (exact) mass is 280 g/mol. The zero-order valence-corrected chi connectivity index (χ0v) is 12.4. The maximum Gasteiger partial charge on any atom is 0.401 e. The van der Waals surface area contributed by atoms with E-state index in [1.165, 1.54) is 4.90 Å². The van der Waals surface area contributed by atoms with Crippen LogP contribution in [0.15, 0.2) is 0 Å². The van der Waals surface area contributed by atoms with Gasteiger partial charge in [0, 0.05) is 18.6 Å². The van der Waals surface area contributed by atoms with E-state index in [1.807, 2.05) is 13.8 Å². The van der Waals surface area contributed by atoms with Crippen LogP contribution in [0.4, 0.5) is 13.2 Å². The van der Waals surface area contributed by atoms with Gasteiger partial charge >= 0.3 is 6.18 Å². The lowest BCUT2D eigenvalue weighted by atomic mass is 9.72. The second-order valence-electron chi connectivity index (χ2n) is 6.52. The van der Waals surface area contributed by atoms with Gasteiger partial charge in [0.05, 0.1) is 6.54 Å². The average Bonchev–Trinajstić information content (AvgIpc) is 2.19. The molecule has 4 unspecified atom stereocenters. The minimum atomic E-state index is -4.14. The van der Waals surface area contributed by atoms with Gasteiger partial charge in [-0.2, -0.15) is 13.2 Å². The molecule has 1 aliphatic carbocycles. The fraction of sp³-hybridized carbons (Fsp3) is 1.00. The first-order valence-corrected chi connectivity index (χ1v) is 7.16. The van der Waals surface area contributed by atoms with Crippen LogP contribution in [0.5, 0.6) is 0 Å². The molecule has 5 heteroatoms. The van der Waals surface area contributed by atoms with E-state index < -0.39 is 12.7 Å². The van der Waals surface area contributed by atoms with Crippen molar-refractivity contribution >= 4 is 0 Å². The lowest BCUT2D eigenvalue weighted by molar-refractivity contribution is -0.152. The van der Waals surface area contributed by atoms with Crippen LogP contribution in [-0.4, -0.2) is 36.2 Å². The van der Waals surface area contributed by atoms with Crippen molar-refractivity contribution in [2.45, 2.75) is 58.8 Å². The summed E-state index contributed by atoms with van der Waals surface area (Å²) in [6, 6.07) is -0.0893. The molecule has 0 aliphatic heterocycles. The van der Waals surface area contributed by atoms with Crippen molar-refractivity contribution in [3.8, 4) is 0 Å². The molecular weight excluding hydrogens is 253 g/mol. The van der Waals surface area contributed by atoms with Crippen molar-refractivity contribution < 1.29 is 13.2 Å². The molecule has 1 fully saturated rings. The summed E-state index contributed by atoms with van der Waals surface area (Å²) in [5, 5.41) is 0. The van der Waals surface area contributed by atoms with Gasteiger partial charge in [0.25, 0.3) is 0 Å². The molecular formula is C14H27F3N2. The molecule has 0 bridgehead atoms. The van der Waals surface area contributed by atoms with Gasteiger partial charge in [-0.25, -0.2) is 0 Å². The molecule has 0 amide bonds. The Morgan fingerprint density at radius 1 is 1.21 bits per heavy atom. The molecule has 1 saturated carbocycles. The summed E-state index contributed by atoms with van der Waals surface area (Å²) in [6.45, 7) is 7.53. The normalized spacial score (nSPS) is 33.2. The number of hydrogen-bond acceptors (Lipinski definition) is 2. The first-order chi connectivity index (χ1) is 8.60. The number of nitrogens with zero attached hydrogens (tertiary/aromatic N) is 1. The van der Waals surface area contributed by atoms with Crippen molar-refractivity contribution in [1.82, 2.24) is 4.90 Å². The standard InChI is InChI=1S/C14H27F3N2/c1-9(2)19(8-14(15,16)17)7-12-11(4)5-10(3)6-13(12)18/h9-13H,5-8,18H2,1-4H3. The highest BCUT2D eigenvalue weighted by Crippen LogP contribution is 2.34. The van der Waals surface area contributed by atoms with E-state index in [0.717, 1.165) is 12.8 Å². The molecule has 0 saturated heterocycles. The van der Waals surface area contributed by atoms with Crippen molar-refractivity contribution in [2.24, 2.45) is 23.5 Å². The Balaban J connectivity index is 2.67. The van der Waals surface area contributed by atoms with Gasteiger partial charge in [-0.1, -0.05) is 13.8 Å². The Hall–Kier alpha value is -0.290. The van der Waals surface area contributed by atoms with E-state index in [2.05, 4.69) is 13.8 Å². The van der Waals surface area contributed by atoms with Crippen LogP contribution in [0.1, 0.15) is 40.5 Å². The van der Waals surface area contributed by atoms with Gasteiger partial charge in [0.1, 0.15) is 0 Å². The number of rotatable bonds is 4. The van der Waals surface area contributed by atoms with Gasteiger partial charge in [-0.15, -0.1) is 0 Å². The minimum Gasteiger partial charge on any atom is -0.327 e. The predicted molar refractivity (Wildman–Crippen MR) is 71.8 cm³/mol. The first kappa shape index (κ1) is 16.8. The molecule has 4 atom stereocenters. The third-order valence-electron chi connectivity index (χ3n) is 4.29. The van der Waals surface area contributed by atoms with E-state index in [0.29, 0.717) is 18.4 Å². The maximum absolute atomic E-state index is 12.6. The van der Waals surface area contributed by atoms with Crippen LogP contribution in [0, 0.1) is 17.8 Å². The molecule has 1 rings (SSSR count). The molecule has 114 valence electrons. The van der Waals surface area contributed by atoms with Crippen molar-refractivity contribution in [3.63, 3.8) is 0 Å². The summed E-state index contributed by atoms with van der Waals surface area (Å²) in [6.07, 6.45) is -2.15. The maximum atomic E-state index is 12.6. The Morgan fingerprint density at radius 3 is 2.21 bits per heavy atom. The molecule has 0 aromatic heterocycles. The third-order valence-corrected chi connectivity index (χ3v) is 4.29. The van der Waals surface area contributed by atoms with E-state index in [9.17, 15) is 13.2 Å². The number of hydrogen-bond donors (Lipinski definition) is 1. The van der Waals surface area contributed by atoms with Gasteiger partial charge < -0.3 is 5.73 Å². The quantitative estimate of drug-likeness (QED) is 0.856. The Kier molecular flexibility index (Phi) is 5.68. The van der Waals surface area contributed by atoms with Crippen LogP contribution in [0.2, 0.25) is 0 Å². The zero-order valence-electron chi connectivity index (χ0n) is 12.4. The van der Waals surface area contributed by atoms with Crippen LogP contribution >= 0.6 is 0 Å². The van der Waals surface area contributed by atoms with E-state index in [4.69, 9.17) is 5.73 Å². The lowest BCUT2D eigenvalue weighted by Gasteiger charge is -2.41. The summed E-state index contributed by atoms with van der Waals surface area (Å²) in [4.78, 5) is 1.51. The second-order valence-corrected chi connectivity index (χ2v) is 6.52. The Bertz CT molecular complexity index is 266. The number of halogens is 3. The lowest BCUT2D eigenvalue weighted by Crippen LogP contribution is -2.50. The molecule has 0 radical (unpaired) electrons. The van der Waals surface area contributed by atoms with Crippen LogP contribution < -0.4 is 5.73 Å². The summed E-state index contributed by atoms with van der Waals surface area (Å²) in [5.74, 6) is 1.14. The first-order valence-electron chi connectivity index (χ1n) is 7.16. The van der Waals surface area contributed by atoms with E-state index in [1.54, 1.807) is 0 Å². The summed E-state index contributed by atoms with van der Waals surface area (Å²) < 4.78 is 37.8. The second kappa shape index (κ2) is 6.44. The van der Waals surface area contributed by atoms with Crippen LogP contribution in [0.25, 0.3) is 0 Å². The summed E-state index contributed by atoms with van der Waals surface area (Å²) >= 11 is 0. The molecule has 0 aromatic carbocycles. The van der Waals surface area contributed by atoms with Crippen molar-refractivity contribution in [2.75, 3.05) is 13.1 Å². The van der Waals surface area contributed by atoms with Crippen molar-refractivity contribution in [1.29, 1.82) is 0 Å². The van der Waals surface area contributed by atoms with Gasteiger partial charge in [0.2, 0.25) is 0 Å². The molecule has 0 heterocycles. The largest absolute Gasteiger partial charge is 0.401 e. The topological polar surface area (TPSA) is 29.3 Å². The highest BCUT2D eigenvalue weighted by atomic mass is 19.4. The summed E-state index contributed by atoms with van der Waals surface area (Å²) in [7, 11) is 0. The van der Waals surface area contributed by atoms with Gasteiger partial charge in [-0.05, 0) is 44.4 Å². The summed E-state index contributed by atoms with van der Waals surface area (Å²) in [5.41, 5.74) is 6.16. The van der Waals surface area contributed by atoms with Crippen LogP contribution in [-0.2, 0) is 0 Å². The fourth-order valence-corrected chi connectivity index (χ4v) is 3.24. The Morgan fingerprint density at radius 2 is 1.79 bits per heavy atom. The van der Waals surface area contributed by atoms with Gasteiger partial charge in [0.15, 0.2) is 0 Å². The molecule has 2 N–H and O–H groups in total. The number of nitrogens with two attached hydrogens (primary N) is 1. The Labute approximate surface area is 114 Å². The van der Waals surface area contributed by atoms with E-state index in [-0.39, 0.29) is 18.0 Å². The fourth-order valence-electron chi connectivity index (χ4n) is 3.24. The zero-order chi connectivity index (χ0) is 14.8. The predicted octanol–water partition coefficient (Wildman–Crippen LogP) is 3.27. The van der Waals surface area contributed by atoms with Gasteiger partial charge in [-0.3, -0.25) is 4.90 Å². The SMILES string of the molecule is CC1CC(C)C(CN(CC(F)(F)F)C(C)C)C(N)C1. The molecule has 1 aliphatic rings. The highest BCUT2D eigenvalue weighted by Gasteiger charge is 2.37. The third kappa shape index (κ3) is 5.30. The van der Waals surface area contributed by atoms with Crippen molar-refractivity contribution in [3.05, 3.63) is 0 Å². The van der Waals surface area contributed by atoms with Crippen LogP contribution in [0.3, 0.4) is 0 Å². The highest BCUT2D eigenvalue weighted by molar-refractivity contribution is 4.88. The average molecular weight is 280 g/mol.